The minimum atomic E-state index is -1.81. The average Bonchev–Trinajstić information content (AvgIpc) is 3.07. The average molecular weight is 268 g/mol. The molecule has 2 nitrogen and oxygen atoms in total. The molecular weight excluding hydrogens is 250 g/mol. The Bertz CT molecular complexity index is 487. The lowest BCUT2D eigenvalue weighted by atomic mass is 9.83. The molecule has 1 saturated carbocycles. The highest BCUT2D eigenvalue weighted by Crippen LogP contribution is 2.47. The molecule has 1 atom stereocenters. The summed E-state index contributed by atoms with van der Waals surface area (Å²) in [6.45, 7) is 2.61. The van der Waals surface area contributed by atoms with Crippen molar-refractivity contribution in [3.8, 4) is 0 Å². The van der Waals surface area contributed by atoms with Crippen LogP contribution in [-0.4, -0.2) is 11.1 Å². The van der Waals surface area contributed by atoms with E-state index in [1.165, 1.54) is 26.0 Å². The molecule has 104 valence electrons. The third-order valence-corrected chi connectivity index (χ3v) is 3.63. The minimum Gasteiger partial charge on any atom is -0.481 e. The Morgan fingerprint density at radius 2 is 2.11 bits per heavy atom. The first-order chi connectivity index (χ1) is 8.80. The second kappa shape index (κ2) is 4.91. The maximum atomic E-state index is 14.2. The van der Waals surface area contributed by atoms with Crippen LogP contribution in [0, 0.1) is 11.7 Å². The Labute approximate surface area is 111 Å². The number of carboxylic acid groups (broad SMARTS) is 1. The molecule has 0 aromatic heterocycles. The van der Waals surface area contributed by atoms with E-state index in [1.807, 2.05) is 0 Å². The molecule has 1 N–H and O–H groups in total. The zero-order valence-electron chi connectivity index (χ0n) is 11.1. The van der Waals surface area contributed by atoms with E-state index in [0.717, 1.165) is 12.8 Å². The first-order valence-corrected chi connectivity index (χ1v) is 6.50. The van der Waals surface area contributed by atoms with E-state index in [1.54, 1.807) is 6.07 Å². The van der Waals surface area contributed by atoms with E-state index in [2.05, 4.69) is 0 Å². The smallest absolute Gasteiger partial charge is 0.303 e. The summed E-state index contributed by atoms with van der Waals surface area (Å²) in [7, 11) is 0. The van der Waals surface area contributed by atoms with Gasteiger partial charge in [-0.05, 0) is 50.2 Å². The maximum absolute atomic E-state index is 14.2. The van der Waals surface area contributed by atoms with E-state index >= 15 is 0 Å². The summed E-state index contributed by atoms with van der Waals surface area (Å²) in [4.78, 5) is 11.0. The van der Waals surface area contributed by atoms with Gasteiger partial charge in [-0.25, -0.2) is 8.78 Å². The van der Waals surface area contributed by atoms with E-state index in [-0.39, 0.29) is 23.8 Å². The predicted octanol–water partition coefficient (Wildman–Crippen LogP) is 4.00. The fourth-order valence-corrected chi connectivity index (χ4v) is 2.69. The normalized spacial score (nSPS) is 17.3. The predicted molar refractivity (Wildman–Crippen MR) is 68.3 cm³/mol. The van der Waals surface area contributed by atoms with Gasteiger partial charge in [0.2, 0.25) is 0 Å². The van der Waals surface area contributed by atoms with Gasteiger partial charge in [-0.3, -0.25) is 4.79 Å². The second-order valence-corrected chi connectivity index (χ2v) is 5.72. The summed E-state index contributed by atoms with van der Waals surface area (Å²) in [5.74, 6) is -1.58. The third kappa shape index (κ3) is 3.11. The van der Waals surface area contributed by atoms with Gasteiger partial charge in [-0.1, -0.05) is 12.1 Å². The van der Waals surface area contributed by atoms with Crippen LogP contribution in [0.15, 0.2) is 18.2 Å². The van der Waals surface area contributed by atoms with Gasteiger partial charge in [-0.15, -0.1) is 0 Å². The summed E-state index contributed by atoms with van der Waals surface area (Å²) in [6.07, 6.45) is 1.79. The van der Waals surface area contributed by atoms with Gasteiger partial charge in [0.1, 0.15) is 11.5 Å². The van der Waals surface area contributed by atoms with Gasteiger partial charge in [0.25, 0.3) is 0 Å². The van der Waals surface area contributed by atoms with Crippen LogP contribution in [0.1, 0.15) is 50.2 Å². The lowest BCUT2D eigenvalue weighted by Crippen LogP contribution is -2.19. The molecule has 19 heavy (non-hydrogen) atoms. The Kier molecular flexibility index (Phi) is 3.61. The monoisotopic (exact) mass is 268 g/mol. The van der Waals surface area contributed by atoms with Crippen molar-refractivity contribution in [1.29, 1.82) is 0 Å². The molecule has 1 aliphatic rings. The highest BCUT2D eigenvalue weighted by atomic mass is 19.1. The van der Waals surface area contributed by atoms with E-state index < -0.39 is 17.5 Å². The molecule has 0 spiro atoms. The molecule has 1 fully saturated rings. The zero-order valence-corrected chi connectivity index (χ0v) is 11.1. The summed E-state index contributed by atoms with van der Waals surface area (Å²) < 4.78 is 28.2. The minimum absolute atomic E-state index is 0.00755. The molecule has 0 bridgehead atoms. The molecule has 1 aliphatic carbocycles. The van der Waals surface area contributed by atoms with Gasteiger partial charge in [0, 0.05) is 5.56 Å². The number of carboxylic acids is 1. The Balaban J connectivity index is 2.47. The summed E-state index contributed by atoms with van der Waals surface area (Å²) in [6, 6.07) is 4.41. The molecule has 0 aliphatic heterocycles. The Morgan fingerprint density at radius 1 is 1.47 bits per heavy atom. The molecule has 0 amide bonds. The van der Waals surface area contributed by atoms with Crippen LogP contribution in [0.4, 0.5) is 8.78 Å². The largest absolute Gasteiger partial charge is 0.481 e. The number of hydrogen-bond acceptors (Lipinski definition) is 1. The van der Waals surface area contributed by atoms with Crippen molar-refractivity contribution < 1.29 is 18.7 Å². The van der Waals surface area contributed by atoms with Gasteiger partial charge in [0.15, 0.2) is 0 Å². The van der Waals surface area contributed by atoms with Crippen molar-refractivity contribution in [1.82, 2.24) is 0 Å². The highest BCUT2D eigenvalue weighted by molar-refractivity contribution is 5.68. The topological polar surface area (TPSA) is 37.3 Å². The molecule has 2 rings (SSSR count). The number of aliphatic carboxylic acids is 1. The van der Waals surface area contributed by atoms with E-state index in [0.29, 0.717) is 5.56 Å². The van der Waals surface area contributed by atoms with Crippen LogP contribution in [-0.2, 0) is 10.5 Å². The van der Waals surface area contributed by atoms with Crippen molar-refractivity contribution in [2.45, 2.75) is 44.7 Å². The third-order valence-electron chi connectivity index (χ3n) is 3.63. The Hall–Kier alpha value is -1.45. The molecular formula is C15H18F2O2. The number of hydrogen-bond donors (Lipinski definition) is 1. The van der Waals surface area contributed by atoms with Gasteiger partial charge < -0.3 is 5.11 Å². The molecule has 1 aromatic rings. The lowest BCUT2D eigenvalue weighted by Gasteiger charge is -2.24. The second-order valence-electron chi connectivity index (χ2n) is 5.72. The summed E-state index contributed by atoms with van der Waals surface area (Å²) in [5.41, 5.74) is -1.29. The van der Waals surface area contributed by atoms with Crippen molar-refractivity contribution >= 4 is 5.97 Å². The van der Waals surface area contributed by atoms with Crippen molar-refractivity contribution in [3.63, 3.8) is 0 Å². The number of benzene rings is 1. The summed E-state index contributed by atoms with van der Waals surface area (Å²) >= 11 is 0. The van der Waals surface area contributed by atoms with Crippen LogP contribution in [0.2, 0.25) is 0 Å². The standard InChI is InChI=1S/C15H18F2O2/c1-15(2,17)14-10(4-3-5-12(14)16)11(8-13(18)19)9-6-7-9/h3-5,9,11H,6-8H2,1-2H3,(H,18,19). The van der Waals surface area contributed by atoms with E-state index in [9.17, 15) is 13.6 Å². The van der Waals surface area contributed by atoms with Gasteiger partial charge in [-0.2, -0.15) is 0 Å². The SMILES string of the molecule is CC(C)(F)c1c(F)cccc1C(CC(=O)O)C1CC1. The van der Waals surface area contributed by atoms with Crippen LogP contribution in [0.25, 0.3) is 0 Å². The number of carbonyl (C=O) groups is 1. The van der Waals surface area contributed by atoms with Gasteiger partial charge in [0.05, 0.1) is 6.42 Å². The lowest BCUT2D eigenvalue weighted by molar-refractivity contribution is -0.137. The van der Waals surface area contributed by atoms with Crippen LogP contribution in [0.3, 0.4) is 0 Å². The molecule has 0 heterocycles. The van der Waals surface area contributed by atoms with Crippen molar-refractivity contribution in [3.05, 3.63) is 35.1 Å². The van der Waals surface area contributed by atoms with Gasteiger partial charge >= 0.3 is 5.97 Å². The van der Waals surface area contributed by atoms with Crippen LogP contribution in [0.5, 0.6) is 0 Å². The van der Waals surface area contributed by atoms with E-state index in [4.69, 9.17) is 5.11 Å². The molecule has 4 heteroatoms. The van der Waals surface area contributed by atoms with Crippen LogP contribution < -0.4 is 0 Å². The Morgan fingerprint density at radius 3 is 2.58 bits per heavy atom. The number of halogens is 2. The highest BCUT2D eigenvalue weighted by Gasteiger charge is 2.38. The summed E-state index contributed by atoms with van der Waals surface area (Å²) in [5, 5.41) is 9.00. The molecule has 0 radical (unpaired) electrons. The molecule has 1 unspecified atom stereocenters. The van der Waals surface area contributed by atoms with Crippen LogP contribution >= 0.6 is 0 Å². The zero-order chi connectivity index (χ0) is 14.2. The maximum Gasteiger partial charge on any atom is 0.303 e. The fraction of sp³-hybridized carbons (Fsp3) is 0.533. The fourth-order valence-electron chi connectivity index (χ4n) is 2.69. The molecule has 0 saturated heterocycles. The number of alkyl halides is 1. The first kappa shape index (κ1) is 14.0. The quantitative estimate of drug-likeness (QED) is 0.876. The number of rotatable bonds is 5. The molecule has 1 aromatic carbocycles. The van der Waals surface area contributed by atoms with Crippen molar-refractivity contribution in [2.24, 2.45) is 5.92 Å². The van der Waals surface area contributed by atoms with Crippen molar-refractivity contribution in [2.75, 3.05) is 0 Å². The first-order valence-electron chi connectivity index (χ1n) is 6.50.